The van der Waals surface area contributed by atoms with Gasteiger partial charge in [0.25, 0.3) is 0 Å². The van der Waals surface area contributed by atoms with Gasteiger partial charge in [0.2, 0.25) is 0 Å². The van der Waals surface area contributed by atoms with Gasteiger partial charge in [0.1, 0.15) is 5.75 Å². The number of hydrogen-bond donors (Lipinski definition) is 2. The summed E-state index contributed by atoms with van der Waals surface area (Å²) in [6.45, 7) is 16.3. The monoisotopic (exact) mass is 447 g/mol. The van der Waals surface area contributed by atoms with Crippen molar-refractivity contribution in [3.63, 3.8) is 0 Å². The third-order valence-corrected chi connectivity index (χ3v) is 6.11. The van der Waals surface area contributed by atoms with E-state index >= 15 is 0 Å². The summed E-state index contributed by atoms with van der Waals surface area (Å²) in [5.41, 5.74) is 8.49. The van der Waals surface area contributed by atoms with Crippen molar-refractivity contribution in [2.75, 3.05) is 33.1 Å². The molecule has 2 heterocycles. The van der Waals surface area contributed by atoms with Crippen LogP contribution < -0.4 is 15.4 Å². The lowest BCUT2D eigenvalue weighted by Crippen LogP contribution is -2.38. The van der Waals surface area contributed by atoms with E-state index in [0.717, 1.165) is 70.6 Å². The normalized spacial score (nSPS) is 16.2. The van der Waals surface area contributed by atoms with Crippen molar-refractivity contribution in [1.29, 1.82) is 0 Å². The molecule has 1 atom stereocenters. The Morgan fingerprint density at radius 1 is 1.39 bits per heavy atom. The first-order valence-corrected chi connectivity index (χ1v) is 11.5. The molecule has 6 nitrogen and oxygen atoms in total. The number of rotatable bonds is 9. The minimum atomic E-state index is -0.0193. The zero-order chi connectivity index (χ0) is 24.1. The molecule has 3 rings (SSSR count). The number of methoxy groups -OCH3 is 1. The van der Waals surface area contributed by atoms with Crippen LogP contribution in [0.2, 0.25) is 0 Å². The fourth-order valence-electron chi connectivity index (χ4n) is 4.32. The van der Waals surface area contributed by atoms with E-state index < -0.39 is 0 Å². The second-order valence-corrected chi connectivity index (χ2v) is 8.33. The van der Waals surface area contributed by atoms with Gasteiger partial charge in [-0.05, 0) is 38.6 Å². The van der Waals surface area contributed by atoms with Gasteiger partial charge in [0.15, 0.2) is 0 Å². The fourth-order valence-corrected chi connectivity index (χ4v) is 4.32. The van der Waals surface area contributed by atoms with Gasteiger partial charge in [0.05, 0.1) is 30.2 Å². The van der Waals surface area contributed by atoms with E-state index in [1.807, 2.05) is 46.2 Å². The van der Waals surface area contributed by atoms with Gasteiger partial charge in [-0.2, -0.15) is 0 Å². The summed E-state index contributed by atoms with van der Waals surface area (Å²) >= 11 is 0. The third-order valence-electron chi connectivity index (χ3n) is 6.11. The number of aliphatic imine (C=N–C) groups is 1. The number of benzene rings is 1. The van der Waals surface area contributed by atoms with Crippen LogP contribution >= 0.6 is 0 Å². The lowest BCUT2D eigenvalue weighted by atomic mass is 10.00. The first-order valence-electron chi connectivity index (χ1n) is 11.5. The molecular weight excluding hydrogens is 410 g/mol. The molecule has 1 unspecified atom stereocenters. The second-order valence-electron chi connectivity index (χ2n) is 8.33. The van der Waals surface area contributed by atoms with Crippen LogP contribution in [0, 0.1) is 0 Å². The third kappa shape index (κ3) is 4.76. The number of allylic oxidation sites excluding steroid dienone is 2. The maximum Gasteiger partial charge on any atom is 0.119 e. The SMILES string of the molecule is C=CNc1c(C(=C)N(C)C)c(-c2cccc(OC)c2)n2c1C(/C(CC)=N/C(C)=C\C)NCC2. The summed E-state index contributed by atoms with van der Waals surface area (Å²) < 4.78 is 7.95. The number of nitrogens with zero attached hydrogens (tertiary/aromatic N) is 3. The average Bonchev–Trinajstić information content (AvgIpc) is 3.16. The van der Waals surface area contributed by atoms with E-state index in [1.165, 1.54) is 0 Å². The Morgan fingerprint density at radius 2 is 2.15 bits per heavy atom. The summed E-state index contributed by atoms with van der Waals surface area (Å²) in [5.74, 6) is 0.827. The van der Waals surface area contributed by atoms with Crippen LogP contribution in [0.3, 0.4) is 0 Å². The van der Waals surface area contributed by atoms with Gasteiger partial charge in [-0.15, -0.1) is 0 Å². The van der Waals surface area contributed by atoms with Crippen molar-refractivity contribution in [2.24, 2.45) is 4.99 Å². The Morgan fingerprint density at radius 3 is 2.76 bits per heavy atom. The van der Waals surface area contributed by atoms with E-state index in [4.69, 9.17) is 9.73 Å². The molecule has 0 bridgehead atoms. The second kappa shape index (κ2) is 10.6. The van der Waals surface area contributed by atoms with Crippen molar-refractivity contribution in [3.8, 4) is 17.0 Å². The molecule has 0 aliphatic carbocycles. The summed E-state index contributed by atoms with van der Waals surface area (Å²) in [6.07, 6.45) is 4.63. The lowest BCUT2D eigenvalue weighted by molar-refractivity contribution is 0.415. The fraction of sp³-hybridized carbons (Fsp3) is 0.370. The summed E-state index contributed by atoms with van der Waals surface area (Å²) in [6, 6.07) is 8.20. The van der Waals surface area contributed by atoms with Gasteiger partial charge >= 0.3 is 0 Å². The average molecular weight is 448 g/mol. The molecule has 0 radical (unpaired) electrons. The Hall–Kier alpha value is -3.25. The molecule has 0 saturated heterocycles. The van der Waals surface area contributed by atoms with Crippen molar-refractivity contribution in [2.45, 2.75) is 39.8 Å². The Bertz CT molecular complexity index is 1090. The maximum atomic E-state index is 5.54. The first kappa shape index (κ1) is 24.4. The predicted octanol–water partition coefficient (Wildman–Crippen LogP) is 5.67. The zero-order valence-corrected chi connectivity index (χ0v) is 20.8. The quantitative estimate of drug-likeness (QED) is 0.486. The van der Waals surface area contributed by atoms with Crippen LogP contribution in [-0.4, -0.2) is 42.9 Å². The zero-order valence-electron chi connectivity index (χ0n) is 20.8. The molecule has 1 aromatic heterocycles. The molecule has 1 aliphatic rings. The van der Waals surface area contributed by atoms with Crippen LogP contribution in [0.25, 0.3) is 17.0 Å². The number of aromatic nitrogens is 1. The summed E-state index contributed by atoms with van der Waals surface area (Å²) in [5, 5.41) is 7.17. The number of anilines is 1. The van der Waals surface area contributed by atoms with Gasteiger partial charge in [-0.1, -0.05) is 38.3 Å². The largest absolute Gasteiger partial charge is 0.497 e. The molecule has 2 N–H and O–H groups in total. The van der Waals surface area contributed by atoms with Crippen molar-refractivity contribution < 1.29 is 4.74 Å². The van der Waals surface area contributed by atoms with E-state index in [9.17, 15) is 0 Å². The lowest BCUT2D eigenvalue weighted by Gasteiger charge is -2.29. The summed E-state index contributed by atoms with van der Waals surface area (Å²) in [4.78, 5) is 7.01. The van der Waals surface area contributed by atoms with Crippen LogP contribution in [0.15, 0.2) is 60.4 Å². The number of hydrogen-bond acceptors (Lipinski definition) is 5. The molecule has 6 heteroatoms. The molecule has 0 fully saturated rings. The standard InChI is InChI=1S/C27H37N5O/c1-9-18(4)30-22(10-2)24-27-25(28-11-3)23(19(5)31(6)7)26(32(27)16-15-29-24)20-13-12-14-21(17-20)33-8/h9,11-14,17,24,28-29H,3,5,10,15-16H2,1-2,4,6-8H3/b18-9-,30-22+. The molecule has 0 amide bonds. The molecule has 0 spiro atoms. The van der Waals surface area contributed by atoms with Crippen molar-refractivity contribution in [1.82, 2.24) is 14.8 Å². The molecule has 1 aliphatic heterocycles. The Labute approximate surface area is 198 Å². The number of nitrogens with one attached hydrogen (secondary N) is 2. The van der Waals surface area contributed by atoms with Crippen LogP contribution in [-0.2, 0) is 6.54 Å². The van der Waals surface area contributed by atoms with E-state index in [2.05, 4.69) is 52.3 Å². The summed E-state index contributed by atoms with van der Waals surface area (Å²) in [7, 11) is 5.75. The predicted molar refractivity (Wildman–Crippen MR) is 141 cm³/mol. The molecule has 1 aromatic carbocycles. The molecule has 0 saturated carbocycles. The molecule has 2 aromatic rings. The first-order chi connectivity index (χ1) is 15.9. The Balaban J connectivity index is 2.39. The Kier molecular flexibility index (Phi) is 7.82. The van der Waals surface area contributed by atoms with Gasteiger partial charge < -0.3 is 24.8 Å². The van der Waals surface area contributed by atoms with Gasteiger partial charge in [0, 0.05) is 55.4 Å². The number of ether oxygens (including phenoxy) is 1. The minimum Gasteiger partial charge on any atom is -0.497 e. The highest BCUT2D eigenvalue weighted by Gasteiger charge is 2.34. The highest BCUT2D eigenvalue weighted by atomic mass is 16.5. The van der Waals surface area contributed by atoms with Gasteiger partial charge in [-0.25, -0.2) is 0 Å². The highest BCUT2D eigenvalue weighted by Crippen LogP contribution is 2.44. The van der Waals surface area contributed by atoms with Crippen LogP contribution in [0.4, 0.5) is 5.69 Å². The van der Waals surface area contributed by atoms with Gasteiger partial charge in [-0.3, -0.25) is 4.99 Å². The van der Waals surface area contributed by atoms with Crippen molar-refractivity contribution in [3.05, 3.63) is 66.7 Å². The van der Waals surface area contributed by atoms with E-state index in [0.29, 0.717) is 0 Å². The molecule has 176 valence electrons. The molecular formula is C27H37N5O. The number of fused-ring (bicyclic) bond motifs is 1. The van der Waals surface area contributed by atoms with Crippen LogP contribution in [0.5, 0.6) is 5.75 Å². The van der Waals surface area contributed by atoms with E-state index in [1.54, 1.807) is 13.3 Å². The maximum absolute atomic E-state index is 5.54. The smallest absolute Gasteiger partial charge is 0.119 e. The highest BCUT2D eigenvalue weighted by molar-refractivity contribution is 5.96. The molecule has 33 heavy (non-hydrogen) atoms. The topological polar surface area (TPSA) is 53.8 Å². The van der Waals surface area contributed by atoms with Crippen LogP contribution in [0.1, 0.15) is 44.5 Å². The minimum absolute atomic E-state index is 0.0193. The van der Waals surface area contributed by atoms with E-state index in [-0.39, 0.29) is 6.04 Å². The van der Waals surface area contributed by atoms with Crippen molar-refractivity contribution >= 4 is 17.1 Å².